The summed E-state index contributed by atoms with van der Waals surface area (Å²) >= 11 is 6.44. The summed E-state index contributed by atoms with van der Waals surface area (Å²) in [5, 5.41) is 2.37. The molecule has 0 atom stereocenters. The van der Waals surface area contributed by atoms with Crippen LogP contribution < -0.4 is 10.1 Å². The lowest BCUT2D eigenvalue weighted by Crippen LogP contribution is -2.17. The predicted octanol–water partition coefficient (Wildman–Crippen LogP) is 3.57. The smallest absolute Gasteiger partial charge is 0.185 e. The van der Waals surface area contributed by atoms with Crippen molar-refractivity contribution in [3.8, 4) is 5.75 Å². The number of ether oxygens (including phenoxy) is 1. The molecule has 19 heavy (non-hydrogen) atoms. The van der Waals surface area contributed by atoms with E-state index in [0.29, 0.717) is 12.4 Å². The number of nitrogens with one attached hydrogen (secondary N) is 1. The summed E-state index contributed by atoms with van der Waals surface area (Å²) in [6.45, 7) is 7.07. The van der Waals surface area contributed by atoms with Gasteiger partial charge in [-0.2, -0.15) is 4.39 Å². The van der Waals surface area contributed by atoms with E-state index < -0.39 is 5.95 Å². The van der Waals surface area contributed by atoms with Crippen LogP contribution in [0.15, 0.2) is 54.4 Å². The van der Waals surface area contributed by atoms with Crippen LogP contribution in [0.1, 0.15) is 5.56 Å². The molecule has 0 aliphatic carbocycles. The van der Waals surface area contributed by atoms with E-state index in [2.05, 4.69) is 46.8 Å². The van der Waals surface area contributed by atoms with Crippen LogP contribution in [0.3, 0.4) is 0 Å². The van der Waals surface area contributed by atoms with Gasteiger partial charge in [-0.15, -0.1) is 23.3 Å². The molecule has 0 saturated carbocycles. The lowest BCUT2D eigenvalue weighted by Gasteiger charge is -2.03. The SMILES string of the molecule is C=CC(=NCc1ccc(OC)cc1)NC(=C)F.SS. The van der Waals surface area contributed by atoms with Gasteiger partial charge in [-0.25, -0.2) is 0 Å². The number of thiol groups is 2. The molecule has 3 nitrogen and oxygen atoms in total. The molecule has 6 heteroatoms. The molecule has 0 fully saturated rings. The zero-order chi connectivity index (χ0) is 14.7. The van der Waals surface area contributed by atoms with Gasteiger partial charge in [-0.05, 0) is 30.4 Å². The van der Waals surface area contributed by atoms with Gasteiger partial charge in [-0.3, -0.25) is 4.99 Å². The van der Waals surface area contributed by atoms with Crippen LogP contribution in [-0.4, -0.2) is 12.9 Å². The highest BCUT2D eigenvalue weighted by Crippen LogP contribution is 2.11. The molecule has 0 aliphatic heterocycles. The number of hydrogen-bond acceptors (Lipinski definition) is 4. The Balaban J connectivity index is 0.00000154. The molecule has 0 amide bonds. The molecule has 1 rings (SSSR count). The fraction of sp³-hybridized carbons (Fsp3) is 0.154. The minimum atomic E-state index is -0.654. The second-order valence-electron chi connectivity index (χ2n) is 3.28. The Kier molecular flexibility index (Phi) is 9.74. The summed E-state index contributed by atoms with van der Waals surface area (Å²) in [6.07, 6.45) is 1.44. The lowest BCUT2D eigenvalue weighted by molar-refractivity contribution is 0.414. The lowest BCUT2D eigenvalue weighted by atomic mass is 10.2. The number of hydrogen-bond donors (Lipinski definition) is 3. The molecule has 1 aromatic carbocycles. The Morgan fingerprint density at radius 2 is 2.00 bits per heavy atom. The molecule has 0 saturated heterocycles. The summed E-state index contributed by atoms with van der Waals surface area (Å²) in [7, 11) is 1.61. The van der Waals surface area contributed by atoms with Crippen molar-refractivity contribution in [3.05, 3.63) is 55.0 Å². The molecule has 0 aromatic heterocycles. The van der Waals surface area contributed by atoms with E-state index in [1.54, 1.807) is 7.11 Å². The third-order valence-corrected chi connectivity index (χ3v) is 2.05. The summed E-state index contributed by atoms with van der Waals surface area (Å²) in [6, 6.07) is 7.49. The highest BCUT2D eigenvalue weighted by molar-refractivity contribution is 8.59. The van der Waals surface area contributed by atoms with Gasteiger partial charge >= 0.3 is 0 Å². The Bertz CT molecular complexity index is 433. The van der Waals surface area contributed by atoms with E-state index in [1.165, 1.54) is 6.08 Å². The normalized spacial score (nSPS) is 10.0. The van der Waals surface area contributed by atoms with E-state index in [0.717, 1.165) is 11.3 Å². The van der Waals surface area contributed by atoms with Crippen LogP contribution in [0, 0.1) is 0 Å². The van der Waals surface area contributed by atoms with Crippen LogP contribution in [0.4, 0.5) is 4.39 Å². The number of nitrogens with zero attached hydrogens (tertiary/aromatic N) is 1. The molecule has 0 radical (unpaired) electrons. The van der Waals surface area contributed by atoms with E-state index in [4.69, 9.17) is 4.74 Å². The van der Waals surface area contributed by atoms with Gasteiger partial charge in [0.05, 0.1) is 13.7 Å². The maximum atomic E-state index is 12.5. The zero-order valence-electron chi connectivity index (χ0n) is 10.6. The standard InChI is InChI=1S/C13H15FN2O.H2S2/c1-4-13(16-10(2)14)15-9-11-5-7-12(17-3)8-6-11;1-2/h4-8H,1-2,9H2,3H3,(H,15,16);1-2H. The largest absolute Gasteiger partial charge is 0.497 e. The fourth-order valence-corrected chi connectivity index (χ4v) is 1.20. The first kappa shape index (κ1) is 17.6. The molecule has 0 heterocycles. The van der Waals surface area contributed by atoms with Crippen molar-refractivity contribution in [2.24, 2.45) is 4.99 Å². The van der Waals surface area contributed by atoms with Crippen LogP contribution in [0.5, 0.6) is 5.75 Å². The van der Waals surface area contributed by atoms with Crippen LogP contribution in [0.2, 0.25) is 0 Å². The van der Waals surface area contributed by atoms with Crippen molar-refractivity contribution in [2.45, 2.75) is 6.54 Å². The summed E-state index contributed by atoms with van der Waals surface area (Å²) in [4.78, 5) is 4.15. The van der Waals surface area contributed by atoms with Crippen LogP contribution in [-0.2, 0) is 6.54 Å². The molecule has 0 bridgehead atoms. The minimum absolute atomic E-state index is 0.355. The predicted molar refractivity (Wildman–Crippen MR) is 85.7 cm³/mol. The van der Waals surface area contributed by atoms with E-state index in [9.17, 15) is 4.39 Å². The van der Waals surface area contributed by atoms with Crippen molar-refractivity contribution >= 4 is 29.2 Å². The average molecular weight is 300 g/mol. The summed E-state index contributed by atoms with van der Waals surface area (Å²) < 4.78 is 17.6. The van der Waals surface area contributed by atoms with Crippen molar-refractivity contribution in [2.75, 3.05) is 7.11 Å². The van der Waals surface area contributed by atoms with Crippen molar-refractivity contribution in [3.63, 3.8) is 0 Å². The van der Waals surface area contributed by atoms with Gasteiger partial charge in [0, 0.05) is 0 Å². The number of rotatable bonds is 5. The second-order valence-corrected chi connectivity index (χ2v) is 3.28. The first-order chi connectivity index (χ1) is 9.15. The van der Waals surface area contributed by atoms with Gasteiger partial charge in [0.2, 0.25) is 0 Å². The average Bonchev–Trinajstić information content (AvgIpc) is 2.45. The maximum absolute atomic E-state index is 12.5. The number of benzene rings is 1. The Hall–Kier alpha value is -1.40. The highest BCUT2D eigenvalue weighted by atomic mass is 33.1. The number of aliphatic imine (C=N–C) groups is 1. The first-order valence-electron chi connectivity index (χ1n) is 5.27. The van der Waals surface area contributed by atoms with E-state index >= 15 is 0 Å². The molecular formula is C13H17FN2OS2. The van der Waals surface area contributed by atoms with Crippen molar-refractivity contribution < 1.29 is 9.13 Å². The number of halogens is 1. The monoisotopic (exact) mass is 300 g/mol. The van der Waals surface area contributed by atoms with Gasteiger partial charge < -0.3 is 10.1 Å². The third-order valence-electron chi connectivity index (χ3n) is 2.05. The third kappa shape index (κ3) is 7.58. The molecule has 1 aromatic rings. The Labute approximate surface area is 123 Å². The summed E-state index contributed by atoms with van der Waals surface area (Å²) in [5.41, 5.74) is 0.997. The molecular weight excluding hydrogens is 283 g/mol. The second kappa shape index (κ2) is 10.5. The minimum Gasteiger partial charge on any atom is -0.497 e. The Morgan fingerprint density at radius 3 is 2.42 bits per heavy atom. The van der Waals surface area contributed by atoms with Gasteiger partial charge in [0.25, 0.3) is 0 Å². The molecule has 104 valence electrons. The quantitative estimate of drug-likeness (QED) is 0.255. The topological polar surface area (TPSA) is 33.6 Å². The van der Waals surface area contributed by atoms with Crippen molar-refractivity contribution in [1.29, 1.82) is 0 Å². The molecule has 1 N–H and O–H groups in total. The molecule has 0 unspecified atom stereocenters. The van der Waals surface area contributed by atoms with Crippen molar-refractivity contribution in [1.82, 2.24) is 5.32 Å². The van der Waals surface area contributed by atoms with E-state index in [1.807, 2.05) is 24.3 Å². The first-order valence-corrected chi connectivity index (χ1v) is 6.87. The highest BCUT2D eigenvalue weighted by Gasteiger charge is 1.96. The van der Waals surface area contributed by atoms with Crippen LogP contribution in [0.25, 0.3) is 0 Å². The number of methoxy groups -OCH3 is 1. The molecule has 0 spiro atoms. The van der Waals surface area contributed by atoms with Gasteiger partial charge in [0.1, 0.15) is 11.6 Å². The Morgan fingerprint density at radius 1 is 1.42 bits per heavy atom. The summed E-state index contributed by atoms with van der Waals surface area (Å²) in [5.74, 6) is 0.489. The van der Waals surface area contributed by atoms with Gasteiger partial charge in [0.15, 0.2) is 5.95 Å². The molecule has 0 aliphatic rings. The van der Waals surface area contributed by atoms with Gasteiger partial charge in [-0.1, -0.05) is 18.7 Å². The number of amidine groups is 1. The van der Waals surface area contributed by atoms with E-state index in [-0.39, 0.29) is 0 Å². The maximum Gasteiger partial charge on any atom is 0.185 e. The van der Waals surface area contributed by atoms with Crippen LogP contribution >= 0.6 is 23.3 Å². The fourth-order valence-electron chi connectivity index (χ4n) is 1.20. The zero-order valence-corrected chi connectivity index (χ0v) is 12.4.